The Morgan fingerprint density at radius 1 is 0.560 bits per heavy atom. The van der Waals surface area contributed by atoms with Crippen LogP contribution in [-0.4, -0.2) is 42.5 Å². The SMILES string of the molecule is CCCCCCCC/C=C\CCCCCCCC(=O)C(C)(C(=O)CCCCCCC/C=C\CCCCCCCC)C(C)(N)O.COS(=O)(=O)O. The van der Waals surface area contributed by atoms with E-state index in [0.717, 1.165) is 71.3 Å². The number of unbranched alkanes of at least 4 members (excludes halogenated alkanes) is 22. The predicted molar refractivity (Wildman–Crippen MR) is 210 cm³/mol. The second-order valence-electron chi connectivity index (χ2n) is 14.4. The fraction of sp³-hybridized carbons (Fsp3) is 0.854. The van der Waals surface area contributed by atoms with E-state index < -0.39 is 21.5 Å². The summed E-state index contributed by atoms with van der Waals surface area (Å²) in [5, 5.41) is 10.7. The minimum Gasteiger partial charge on any atom is -0.375 e. The molecule has 0 saturated carbocycles. The lowest BCUT2D eigenvalue weighted by Gasteiger charge is -2.37. The average Bonchev–Trinajstić information content (AvgIpc) is 3.07. The molecule has 0 spiro atoms. The number of nitrogens with two attached hydrogens (primary N) is 1. The molecular weight excluding hydrogens is 651 g/mol. The van der Waals surface area contributed by atoms with Gasteiger partial charge in [0, 0.05) is 12.8 Å². The van der Waals surface area contributed by atoms with Crippen LogP contribution in [0.15, 0.2) is 24.3 Å². The quantitative estimate of drug-likeness (QED) is 0.0195. The van der Waals surface area contributed by atoms with Crippen molar-refractivity contribution >= 4 is 22.0 Å². The third-order valence-corrected chi connectivity index (χ3v) is 10.1. The van der Waals surface area contributed by atoms with Gasteiger partial charge in [-0.25, -0.2) is 0 Å². The number of hydrogen-bond acceptors (Lipinski definition) is 7. The monoisotopic (exact) mass is 730 g/mol. The Kier molecular flexibility index (Phi) is 33.9. The van der Waals surface area contributed by atoms with E-state index in [9.17, 15) is 23.1 Å². The third-order valence-electron chi connectivity index (χ3n) is 9.67. The van der Waals surface area contributed by atoms with E-state index in [1.807, 2.05) is 0 Å². The van der Waals surface area contributed by atoms with E-state index in [-0.39, 0.29) is 11.6 Å². The molecule has 0 aliphatic carbocycles. The first-order valence-corrected chi connectivity index (χ1v) is 21.5. The van der Waals surface area contributed by atoms with E-state index in [4.69, 9.17) is 10.3 Å². The molecule has 0 aromatic rings. The summed E-state index contributed by atoms with van der Waals surface area (Å²) in [6.45, 7) is 7.49. The van der Waals surface area contributed by atoms with Crippen LogP contribution in [0.4, 0.5) is 0 Å². The van der Waals surface area contributed by atoms with Gasteiger partial charge in [0.2, 0.25) is 0 Å². The smallest absolute Gasteiger partial charge is 0.375 e. The van der Waals surface area contributed by atoms with Gasteiger partial charge in [0.25, 0.3) is 0 Å². The topological polar surface area (TPSA) is 144 Å². The van der Waals surface area contributed by atoms with Crippen molar-refractivity contribution in [2.45, 2.75) is 213 Å². The molecule has 0 rings (SSSR count). The lowest BCUT2D eigenvalue weighted by Crippen LogP contribution is -2.60. The summed E-state index contributed by atoms with van der Waals surface area (Å²) < 4.78 is 29.7. The van der Waals surface area contributed by atoms with Crippen LogP contribution in [0.1, 0.15) is 207 Å². The molecule has 0 aliphatic heterocycles. The van der Waals surface area contributed by atoms with Gasteiger partial charge in [-0.05, 0) is 78.1 Å². The highest BCUT2D eigenvalue weighted by Crippen LogP contribution is 2.34. The van der Waals surface area contributed by atoms with Gasteiger partial charge in [0.1, 0.15) is 22.7 Å². The van der Waals surface area contributed by atoms with Crippen molar-refractivity contribution < 1.29 is 31.8 Å². The zero-order valence-electron chi connectivity index (χ0n) is 33.0. The molecule has 8 nitrogen and oxygen atoms in total. The first kappa shape index (κ1) is 50.7. The molecule has 0 aliphatic rings. The summed E-state index contributed by atoms with van der Waals surface area (Å²) in [7, 11) is -3.29. The Bertz CT molecular complexity index is 918. The van der Waals surface area contributed by atoms with Crippen LogP contribution in [0, 0.1) is 5.41 Å². The van der Waals surface area contributed by atoms with E-state index in [1.54, 1.807) is 6.92 Å². The first-order valence-electron chi connectivity index (χ1n) is 20.2. The highest BCUT2D eigenvalue weighted by molar-refractivity contribution is 7.80. The largest absolute Gasteiger partial charge is 0.397 e. The number of allylic oxidation sites excluding steroid dienone is 4. The minimum atomic E-state index is -4.16. The molecule has 1 unspecified atom stereocenters. The van der Waals surface area contributed by atoms with Crippen molar-refractivity contribution in [1.82, 2.24) is 0 Å². The van der Waals surface area contributed by atoms with Gasteiger partial charge in [0.05, 0.1) is 7.11 Å². The molecule has 1 atom stereocenters. The van der Waals surface area contributed by atoms with Crippen LogP contribution in [0.25, 0.3) is 0 Å². The molecule has 0 fully saturated rings. The van der Waals surface area contributed by atoms with E-state index in [1.165, 1.54) is 110 Å². The van der Waals surface area contributed by atoms with Crippen LogP contribution < -0.4 is 5.73 Å². The molecular formula is C41H79NO7S. The van der Waals surface area contributed by atoms with E-state index in [2.05, 4.69) is 42.3 Å². The lowest BCUT2D eigenvalue weighted by molar-refractivity contribution is -0.156. The van der Waals surface area contributed by atoms with E-state index in [0.29, 0.717) is 12.8 Å². The lowest BCUT2D eigenvalue weighted by atomic mass is 9.70. The Morgan fingerprint density at radius 2 is 0.800 bits per heavy atom. The number of ketones is 2. The number of aliphatic hydroxyl groups is 1. The van der Waals surface area contributed by atoms with Crippen LogP contribution in [0.2, 0.25) is 0 Å². The number of rotatable bonds is 34. The van der Waals surface area contributed by atoms with Crippen molar-refractivity contribution in [3.63, 3.8) is 0 Å². The van der Waals surface area contributed by atoms with Gasteiger partial charge in [-0.1, -0.05) is 141 Å². The summed E-state index contributed by atoms with van der Waals surface area (Å²) in [4.78, 5) is 26.3. The molecule has 0 amide bonds. The number of Topliss-reactive ketones (excluding diaryl/α,β-unsaturated/α-hetero) is 2. The number of carbonyl (C=O) groups is 2. The summed E-state index contributed by atoms with van der Waals surface area (Å²) in [5.74, 6) is -0.416. The van der Waals surface area contributed by atoms with Crippen molar-refractivity contribution in [2.75, 3.05) is 7.11 Å². The predicted octanol–water partition coefficient (Wildman–Crippen LogP) is 11.3. The highest BCUT2D eigenvalue weighted by atomic mass is 32.3. The Hall–Kier alpha value is -1.39. The van der Waals surface area contributed by atoms with Crippen LogP contribution in [0.3, 0.4) is 0 Å². The van der Waals surface area contributed by atoms with Crippen LogP contribution in [-0.2, 0) is 24.2 Å². The Balaban J connectivity index is 0. The zero-order valence-corrected chi connectivity index (χ0v) is 33.8. The van der Waals surface area contributed by atoms with Gasteiger partial charge < -0.3 is 10.8 Å². The standard InChI is InChI=1S/C40H75NO3.CH4O4S/c1-5-7-9-11-13-15-17-19-21-23-25-27-29-31-33-35-37(42)39(3,40(4,41)44)38(43)36-34-32-30-28-26-24-22-20-18-16-14-12-10-8-6-2;1-5-6(2,3)4/h19-22,44H,5-18,23-36,41H2,1-4H3;1H3,(H,2,3,4)/b21-19-,22-20-;. The fourth-order valence-electron chi connectivity index (χ4n) is 5.93. The molecule has 0 aromatic carbocycles. The maximum absolute atomic E-state index is 13.2. The molecule has 0 aromatic heterocycles. The van der Waals surface area contributed by atoms with Gasteiger partial charge >= 0.3 is 10.4 Å². The van der Waals surface area contributed by atoms with Crippen molar-refractivity contribution in [1.29, 1.82) is 0 Å². The molecule has 4 N–H and O–H groups in total. The Morgan fingerprint density at radius 3 is 1.04 bits per heavy atom. The molecule has 0 saturated heterocycles. The van der Waals surface area contributed by atoms with Gasteiger partial charge in [0.15, 0.2) is 0 Å². The molecule has 0 heterocycles. The highest BCUT2D eigenvalue weighted by Gasteiger charge is 2.51. The molecule has 0 radical (unpaired) electrons. The molecule has 9 heteroatoms. The summed E-state index contributed by atoms with van der Waals surface area (Å²) in [5.41, 5.74) is 2.65. The minimum absolute atomic E-state index is 0.208. The second kappa shape index (κ2) is 33.4. The zero-order chi connectivity index (χ0) is 38.0. The van der Waals surface area contributed by atoms with Crippen LogP contribution >= 0.6 is 0 Å². The number of hydrogen-bond donors (Lipinski definition) is 3. The van der Waals surface area contributed by atoms with Crippen molar-refractivity contribution in [3.8, 4) is 0 Å². The number of carbonyl (C=O) groups excluding carboxylic acids is 2. The molecule has 0 bridgehead atoms. The summed E-state index contributed by atoms with van der Waals surface area (Å²) in [6, 6.07) is 0. The van der Waals surface area contributed by atoms with Crippen molar-refractivity contribution in [3.05, 3.63) is 24.3 Å². The summed E-state index contributed by atoms with van der Waals surface area (Å²) >= 11 is 0. The maximum atomic E-state index is 13.2. The maximum Gasteiger partial charge on any atom is 0.397 e. The normalized spacial score (nSPS) is 13.4. The summed E-state index contributed by atoms with van der Waals surface area (Å²) in [6.07, 6.45) is 41.1. The second-order valence-corrected chi connectivity index (χ2v) is 15.6. The first-order chi connectivity index (χ1) is 23.8. The third kappa shape index (κ3) is 30.3. The van der Waals surface area contributed by atoms with Crippen LogP contribution in [0.5, 0.6) is 0 Å². The van der Waals surface area contributed by atoms with Gasteiger partial charge in [-0.15, -0.1) is 0 Å². The fourth-order valence-corrected chi connectivity index (χ4v) is 5.93. The Labute approximate surface area is 308 Å². The van der Waals surface area contributed by atoms with Crippen molar-refractivity contribution in [2.24, 2.45) is 11.1 Å². The van der Waals surface area contributed by atoms with E-state index >= 15 is 0 Å². The van der Waals surface area contributed by atoms with Gasteiger partial charge in [-0.2, -0.15) is 8.42 Å². The molecule has 296 valence electrons. The average molecular weight is 730 g/mol. The molecule has 50 heavy (non-hydrogen) atoms. The van der Waals surface area contributed by atoms with Gasteiger partial charge in [-0.3, -0.25) is 18.3 Å².